The Morgan fingerprint density at radius 2 is 2.00 bits per heavy atom. The molecule has 0 fully saturated rings. The zero-order valence-electron chi connectivity index (χ0n) is 12.4. The Kier molecular flexibility index (Phi) is 4.32. The fourth-order valence-electron chi connectivity index (χ4n) is 2.36. The molecule has 1 heterocycles. The van der Waals surface area contributed by atoms with Gasteiger partial charge in [-0.05, 0) is 43.5 Å². The molecule has 1 aromatic heterocycles. The van der Waals surface area contributed by atoms with Crippen molar-refractivity contribution in [2.75, 3.05) is 11.9 Å². The van der Waals surface area contributed by atoms with Gasteiger partial charge in [-0.2, -0.15) is 0 Å². The van der Waals surface area contributed by atoms with Gasteiger partial charge in [-0.1, -0.05) is 13.8 Å². The van der Waals surface area contributed by atoms with Crippen molar-refractivity contribution >= 4 is 5.82 Å². The lowest BCUT2D eigenvalue weighted by Crippen LogP contribution is -2.08. The number of hydrogen-bond donors (Lipinski definition) is 1. The van der Waals surface area contributed by atoms with E-state index in [4.69, 9.17) is 0 Å². The monoisotopic (exact) mass is 273 g/mol. The minimum Gasteiger partial charge on any atom is -0.370 e. The summed E-state index contributed by atoms with van der Waals surface area (Å²) in [6.45, 7) is 8.97. The van der Waals surface area contributed by atoms with Gasteiger partial charge in [0.25, 0.3) is 0 Å². The first-order chi connectivity index (χ1) is 9.54. The van der Waals surface area contributed by atoms with Crippen molar-refractivity contribution in [3.8, 4) is 11.3 Å². The van der Waals surface area contributed by atoms with Crippen LogP contribution in [0.3, 0.4) is 0 Å². The van der Waals surface area contributed by atoms with E-state index in [0.717, 1.165) is 34.7 Å². The molecule has 2 rings (SSSR count). The largest absolute Gasteiger partial charge is 0.370 e. The van der Waals surface area contributed by atoms with Gasteiger partial charge in [0, 0.05) is 17.7 Å². The maximum Gasteiger partial charge on any atom is 0.133 e. The van der Waals surface area contributed by atoms with Crippen LogP contribution in [-0.4, -0.2) is 16.5 Å². The molecule has 20 heavy (non-hydrogen) atoms. The zero-order chi connectivity index (χ0) is 14.7. The van der Waals surface area contributed by atoms with Gasteiger partial charge < -0.3 is 5.32 Å². The SMILES string of the molecule is CCNc1ncnc(-c2ccc(F)cc2C)c1C(C)C. The molecule has 0 saturated carbocycles. The number of halogens is 1. The molecule has 0 spiro atoms. The number of benzene rings is 1. The predicted octanol–water partition coefficient (Wildman–Crippen LogP) is 4.15. The van der Waals surface area contributed by atoms with Gasteiger partial charge in [0.2, 0.25) is 0 Å². The van der Waals surface area contributed by atoms with E-state index in [0.29, 0.717) is 0 Å². The Morgan fingerprint density at radius 1 is 1.25 bits per heavy atom. The Labute approximate surface area is 119 Å². The third-order valence-corrected chi connectivity index (χ3v) is 3.25. The molecule has 2 aromatic rings. The van der Waals surface area contributed by atoms with Crippen LogP contribution in [0.5, 0.6) is 0 Å². The van der Waals surface area contributed by atoms with E-state index in [2.05, 4.69) is 29.1 Å². The van der Waals surface area contributed by atoms with Gasteiger partial charge in [0.15, 0.2) is 0 Å². The molecule has 0 saturated heterocycles. The van der Waals surface area contributed by atoms with Crippen LogP contribution < -0.4 is 5.32 Å². The fraction of sp³-hybridized carbons (Fsp3) is 0.375. The minimum atomic E-state index is -0.224. The van der Waals surface area contributed by atoms with Crippen LogP contribution in [-0.2, 0) is 0 Å². The van der Waals surface area contributed by atoms with Crippen molar-refractivity contribution in [2.24, 2.45) is 0 Å². The maximum atomic E-state index is 13.3. The Balaban J connectivity index is 2.64. The molecular weight excluding hydrogens is 253 g/mol. The van der Waals surface area contributed by atoms with E-state index in [1.165, 1.54) is 12.1 Å². The van der Waals surface area contributed by atoms with Gasteiger partial charge in [0.1, 0.15) is 18.0 Å². The van der Waals surface area contributed by atoms with Crippen molar-refractivity contribution in [2.45, 2.75) is 33.6 Å². The molecular formula is C16H20FN3. The van der Waals surface area contributed by atoms with E-state index in [1.807, 2.05) is 13.8 Å². The Bertz CT molecular complexity index is 609. The topological polar surface area (TPSA) is 37.8 Å². The number of nitrogens with one attached hydrogen (secondary N) is 1. The molecule has 0 aliphatic heterocycles. The van der Waals surface area contributed by atoms with Gasteiger partial charge in [-0.15, -0.1) is 0 Å². The van der Waals surface area contributed by atoms with Gasteiger partial charge in [-0.3, -0.25) is 0 Å². The molecule has 0 radical (unpaired) electrons. The summed E-state index contributed by atoms with van der Waals surface area (Å²) in [6, 6.07) is 4.80. The highest BCUT2D eigenvalue weighted by Crippen LogP contribution is 2.33. The first-order valence-corrected chi connectivity index (χ1v) is 6.89. The standard InChI is InChI=1S/C16H20FN3/c1-5-18-16-14(10(2)3)15(19-9-20-16)13-7-6-12(17)8-11(13)4/h6-10H,5H2,1-4H3,(H,18,19,20). The van der Waals surface area contributed by atoms with Crippen LogP contribution in [0.1, 0.15) is 37.8 Å². The lowest BCUT2D eigenvalue weighted by Gasteiger charge is -2.17. The quantitative estimate of drug-likeness (QED) is 0.909. The lowest BCUT2D eigenvalue weighted by atomic mass is 9.95. The molecule has 0 aliphatic carbocycles. The van der Waals surface area contributed by atoms with Gasteiger partial charge >= 0.3 is 0 Å². The average Bonchev–Trinajstić information content (AvgIpc) is 2.38. The lowest BCUT2D eigenvalue weighted by molar-refractivity contribution is 0.627. The van der Waals surface area contributed by atoms with E-state index in [1.54, 1.807) is 12.4 Å². The third kappa shape index (κ3) is 2.79. The zero-order valence-corrected chi connectivity index (χ0v) is 12.4. The summed E-state index contributed by atoms with van der Waals surface area (Å²) in [5.74, 6) is 0.916. The molecule has 4 heteroatoms. The smallest absolute Gasteiger partial charge is 0.133 e. The summed E-state index contributed by atoms with van der Waals surface area (Å²) in [5.41, 5.74) is 3.79. The number of anilines is 1. The number of aryl methyl sites for hydroxylation is 1. The maximum absolute atomic E-state index is 13.3. The highest BCUT2D eigenvalue weighted by molar-refractivity contribution is 5.71. The summed E-state index contributed by atoms with van der Waals surface area (Å²) < 4.78 is 13.3. The highest BCUT2D eigenvalue weighted by Gasteiger charge is 2.17. The molecule has 1 aromatic carbocycles. The van der Waals surface area contributed by atoms with Crippen molar-refractivity contribution < 1.29 is 4.39 Å². The normalized spacial score (nSPS) is 10.9. The summed E-state index contributed by atoms with van der Waals surface area (Å²) >= 11 is 0. The summed E-state index contributed by atoms with van der Waals surface area (Å²) in [5, 5.41) is 3.27. The van der Waals surface area contributed by atoms with Gasteiger partial charge in [0.05, 0.1) is 5.69 Å². The number of aromatic nitrogens is 2. The van der Waals surface area contributed by atoms with Crippen LogP contribution in [0.4, 0.5) is 10.2 Å². The van der Waals surface area contributed by atoms with E-state index in [-0.39, 0.29) is 11.7 Å². The summed E-state index contributed by atoms with van der Waals surface area (Å²) in [4.78, 5) is 8.76. The number of rotatable bonds is 4. The fourth-order valence-corrected chi connectivity index (χ4v) is 2.36. The van der Waals surface area contributed by atoms with Crippen LogP contribution >= 0.6 is 0 Å². The van der Waals surface area contributed by atoms with Crippen molar-refractivity contribution in [1.82, 2.24) is 9.97 Å². The van der Waals surface area contributed by atoms with E-state index >= 15 is 0 Å². The number of nitrogens with zero attached hydrogens (tertiary/aromatic N) is 2. The van der Waals surface area contributed by atoms with Crippen LogP contribution in [0, 0.1) is 12.7 Å². The molecule has 0 bridgehead atoms. The molecule has 106 valence electrons. The first kappa shape index (κ1) is 14.4. The minimum absolute atomic E-state index is 0.224. The molecule has 0 aliphatic rings. The van der Waals surface area contributed by atoms with Crippen LogP contribution in [0.25, 0.3) is 11.3 Å². The molecule has 3 nitrogen and oxygen atoms in total. The second-order valence-electron chi connectivity index (χ2n) is 5.13. The molecule has 1 N–H and O–H groups in total. The van der Waals surface area contributed by atoms with E-state index < -0.39 is 0 Å². The first-order valence-electron chi connectivity index (χ1n) is 6.89. The third-order valence-electron chi connectivity index (χ3n) is 3.25. The van der Waals surface area contributed by atoms with E-state index in [9.17, 15) is 4.39 Å². The Hall–Kier alpha value is -1.97. The van der Waals surface area contributed by atoms with Gasteiger partial charge in [-0.25, -0.2) is 14.4 Å². The summed E-state index contributed by atoms with van der Waals surface area (Å²) in [6.07, 6.45) is 1.56. The predicted molar refractivity (Wildman–Crippen MR) is 80.4 cm³/mol. The number of hydrogen-bond acceptors (Lipinski definition) is 3. The average molecular weight is 273 g/mol. The Morgan fingerprint density at radius 3 is 2.60 bits per heavy atom. The second-order valence-corrected chi connectivity index (χ2v) is 5.13. The van der Waals surface area contributed by atoms with Crippen LogP contribution in [0.15, 0.2) is 24.5 Å². The molecule has 0 amide bonds. The molecule has 0 atom stereocenters. The van der Waals surface area contributed by atoms with Crippen molar-refractivity contribution in [3.63, 3.8) is 0 Å². The van der Waals surface area contributed by atoms with Crippen molar-refractivity contribution in [3.05, 3.63) is 41.5 Å². The van der Waals surface area contributed by atoms with Crippen LogP contribution in [0.2, 0.25) is 0 Å². The molecule has 0 unspecified atom stereocenters. The van der Waals surface area contributed by atoms with Crippen molar-refractivity contribution in [1.29, 1.82) is 0 Å². The second kappa shape index (κ2) is 5.99. The highest BCUT2D eigenvalue weighted by atomic mass is 19.1. The summed E-state index contributed by atoms with van der Waals surface area (Å²) in [7, 11) is 0.